The smallest absolute Gasteiger partial charge is 0.411 e. The van der Waals surface area contributed by atoms with Gasteiger partial charge in [-0.2, -0.15) is 0 Å². The zero-order valence-corrected chi connectivity index (χ0v) is 23.0. The van der Waals surface area contributed by atoms with Gasteiger partial charge in [0.05, 0.1) is 23.9 Å². The molecule has 0 radical (unpaired) electrons. The van der Waals surface area contributed by atoms with Crippen molar-refractivity contribution in [2.75, 3.05) is 12.4 Å². The highest BCUT2D eigenvalue weighted by Crippen LogP contribution is 2.30. The van der Waals surface area contributed by atoms with E-state index in [1.807, 2.05) is 4.72 Å². The van der Waals surface area contributed by atoms with Gasteiger partial charge in [-0.05, 0) is 60.0 Å². The molecule has 4 aromatic rings. The van der Waals surface area contributed by atoms with Gasteiger partial charge in [-0.1, -0.05) is 41.9 Å². The Kier molecular flexibility index (Phi) is 9.15. The van der Waals surface area contributed by atoms with Gasteiger partial charge in [-0.3, -0.25) is 10.3 Å². The van der Waals surface area contributed by atoms with Crippen molar-refractivity contribution >= 4 is 39.4 Å². The molecule has 0 fully saturated rings. The minimum atomic E-state index is -4.36. The lowest BCUT2D eigenvalue weighted by Gasteiger charge is -2.22. The number of aromatic nitrogens is 1. The number of sulfonamides is 1. The largest absolute Gasteiger partial charge is 0.453 e. The van der Waals surface area contributed by atoms with E-state index in [1.54, 1.807) is 36.4 Å². The van der Waals surface area contributed by atoms with Crippen molar-refractivity contribution in [1.82, 2.24) is 15.0 Å². The number of amides is 3. The van der Waals surface area contributed by atoms with Gasteiger partial charge in [0.15, 0.2) is 0 Å². The Morgan fingerprint density at radius 3 is 2.32 bits per heavy atom. The van der Waals surface area contributed by atoms with Gasteiger partial charge in [0.2, 0.25) is 0 Å². The molecule has 0 saturated heterocycles. The summed E-state index contributed by atoms with van der Waals surface area (Å²) in [6, 6.07) is 16.3. The number of carbonyl (C=O) groups excluding carboxylic acids is 2. The first-order valence-corrected chi connectivity index (χ1v) is 13.8. The Balaban J connectivity index is 1.68. The van der Waals surface area contributed by atoms with Crippen molar-refractivity contribution in [3.8, 4) is 11.1 Å². The fourth-order valence-corrected chi connectivity index (χ4v) is 5.49. The standard InChI is InChI=1S/C28H23ClF2N4O5S/c1-40-28(37)33-21-10-8-18(9-11-21)22-5-4-12-32-26(22)24(15-17-13-19(30)16-20(31)14-17)34-27(36)35-41(38,39)25-7-3-2-6-23(25)29/h2-14,16,24H,15H2,1H3,(H,33,37)(H2,34,35,36). The summed E-state index contributed by atoms with van der Waals surface area (Å²) in [5.41, 5.74) is 2.10. The monoisotopic (exact) mass is 600 g/mol. The molecule has 1 unspecified atom stereocenters. The maximum absolute atomic E-state index is 14.0. The van der Waals surface area contributed by atoms with E-state index in [1.165, 1.54) is 37.6 Å². The second-order valence-corrected chi connectivity index (χ2v) is 10.7. The van der Waals surface area contributed by atoms with E-state index >= 15 is 0 Å². The molecule has 13 heteroatoms. The van der Waals surface area contributed by atoms with Crippen LogP contribution in [-0.2, 0) is 21.2 Å². The van der Waals surface area contributed by atoms with Crippen molar-refractivity contribution in [3.05, 3.63) is 113 Å². The fourth-order valence-electron chi connectivity index (χ4n) is 4.05. The van der Waals surface area contributed by atoms with Crippen LogP contribution in [0, 0.1) is 11.6 Å². The van der Waals surface area contributed by atoms with Crippen molar-refractivity contribution in [2.24, 2.45) is 0 Å². The molecule has 0 aliphatic carbocycles. The summed E-state index contributed by atoms with van der Waals surface area (Å²) in [7, 11) is -3.13. The number of pyridine rings is 1. The minimum absolute atomic E-state index is 0.0864. The summed E-state index contributed by atoms with van der Waals surface area (Å²) in [4.78, 5) is 28.6. The minimum Gasteiger partial charge on any atom is -0.453 e. The Labute approximate surface area is 239 Å². The number of benzene rings is 3. The first-order valence-electron chi connectivity index (χ1n) is 12.0. The SMILES string of the molecule is COC(=O)Nc1ccc(-c2cccnc2C(Cc2cc(F)cc(F)c2)NC(=O)NS(=O)(=O)c2ccccc2Cl)cc1. The molecule has 0 bridgehead atoms. The number of halogens is 3. The number of hydrogen-bond donors (Lipinski definition) is 3. The number of hydrogen-bond acceptors (Lipinski definition) is 6. The van der Waals surface area contributed by atoms with Gasteiger partial charge in [0.1, 0.15) is 16.5 Å². The highest BCUT2D eigenvalue weighted by Gasteiger charge is 2.25. The molecule has 3 N–H and O–H groups in total. The second kappa shape index (κ2) is 12.7. The number of urea groups is 1. The lowest BCUT2D eigenvalue weighted by molar-refractivity contribution is 0.187. The van der Waals surface area contributed by atoms with Crippen LogP contribution in [0.4, 0.5) is 24.1 Å². The van der Waals surface area contributed by atoms with Crippen molar-refractivity contribution in [2.45, 2.75) is 17.4 Å². The van der Waals surface area contributed by atoms with Gasteiger partial charge >= 0.3 is 12.1 Å². The summed E-state index contributed by atoms with van der Waals surface area (Å²) in [6.45, 7) is 0. The first-order chi connectivity index (χ1) is 19.6. The van der Waals surface area contributed by atoms with E-state index in [4.69, 9.17) is 11.6 Å². The molecule has 0 saturated carbocycles. The quantitative estimate of drug-likeness (QED) is 0.234. The number of nitrogens with zero attached hydrogens (tertiary/aromatic N) is 1. The van der Waals surface area contributed by atoms with Crippen LogP contribution < -0.4 is 15.4 Å². The molecular weight excluding hydrogens is 578 g/mol. The predicted octanol–water partition coefficient (Wildman–Crippen LogP) is 5.83. The summed E-state index contributed by atoms with van der Waals surface area (Å²) < 4.78 is 60.2. The van der Waals surface area contributed by atoms with Gasteiger partial charge in [-0.15, -0.1) is 0 Å². The maximum Gasteiger partial charge on any atom is 0.411 e. The van der Waals surface area contributed by atoms with Gasteiger partial charge in [-0.25, -0.2) is 31.5 Å². The van der Waals surface area contributed by atoms with E-state index in [0.717, 1.165) is 12.1 Å². The molecule has 1 aromatic heterocycles. The fraction of sp³-hybridized carbons (Fsp3) is 0.107. The Hall–Kier alpha value is -4.55. The zero-order chi connectivity index (χ0) is 29.6. The zero-order valence-electron chi connectivity index (χ0n) is 21.4. The van der Waals surface area contributed by atoms with Gasteiger partial charge in [0, 0.05) is 23.5 Å². The Bertz CT molecular complexity index is 1670. The number of nitrogens with one attached hydrogen (secondary N) is 3. The molecule has 1 heterocycles. The van der Waals surface area contributed by atoms with Crippen LogP contribution in [0.5, 0.6) is 0 Å². The lowest BCUT2D eigenvalue weighted by Crippen LogP contribution is -2.42. The topological polar surface area (TPSA) is 126 Å². The van der Waals surface area contributed by atoms with Gasteiger partial charge < -0.3 is 10.1 Å². The van der Waals surface area contributed by atoms with Crippen LogP contribution >= 0.6 is 11.6 Å². The molecule has 212 valence electrons. The van der Waals surface area contributed by atoms with E-state index in [-0.39, 0.29) is 27.6 Å². The van der Waals surface area contributed by atoms with Crippen LogP contribution in [0.3, 0.4) is 0 Å². The van der Waals surface area contributed by atoms with Crippen molar-refractivity contribution < 1.29 is 31.5 Å². The molecule has 1 atom stereocenters. The van der Waals surface area contributed by atoms with Crippen LogP contribution in [0.15, 0.2) is 90.0 Å². The maximum atomic E-state index is 14.0. The molecule has 0 spiro atoms. The number of rotatable bonds is 8. The summed E-state index contributed by atoms with van der Waals surface area (Å²) >= 11 is 6.00. The lowest BCUT2D eigenvalue weighted by atomic mass is 9.95. The molecular formula is C28H23ClF2N4O5S. The normalized spacial score (nSPS) is 11.8. The molecule has 3 amide bonds. The second-order valence-electron chi connectivity index (χ2n) is 8.67. The van der Waals surface area contributed by atoms with Crippen molar-refractivity contribution in [1.29, 1.82) is 0 Å². The number of ether oxygens (including phenoxy) is 1. The summed E-state index contributed by atoms with van der Waals surface area (Å²) in [6.07, 6.45) is 0.676. The Morgan fingerprint density at radius 1 is 0.976 bits per heavy atom. The summed E-state index contributed by atoms with van der Waals surface area (Å²) in [5.74, 6) is -1.64. The van der Waals surface area contributed by atoms with Crippen molar-refractivity contribution in [3.63, 3.8) is 0 Å². The molecule has 9 nitrogen and oxygen atoms in total. The Morgan fingerprint density at radius 2 is 1.66 bits per heavy atom. The van der Waals surface area contributed by atoms with E-state index in [2.05, 4.69) is 20.4 Å². The van der Waals surface area contributed by atoms with E-state index in [9.17, 15) is 26.8 Å². The third-order valence-corrected chi connectivity index (χ3v) is 7.65. The molecule has 0 aliphatic rings. The number of methoxy groups -OCH3 is 1. The van der Waals surface area contributed by atoms with Crippen LogP contribution in [0.2, 0.25) is 5.02 Å². The van der Waals surface area contributed by atoms with Crippen LogP contribution in [-0.4, -0.2) is 32.6 Å². The summed E-state index contributed by atoms with van der Waals surface area (Å²) in [5, 5.41) is 5.02. The average molecular weight is 601 g/mol. The first kappa shape index (κ1) is 29.4. The van der Waals surface area contributed by atoms with Crippen LogP contribution in [0.1, 0.15) is 17.3 Å². The van der Waals surface area contributed by atoms with Crippen LogP contribution in [0.25, 0.3) is 11.1 Å². The van der Waals surface area contributed by atoms with E-state index in [0.29, 0.717) is 22.9 Å². The number of carbonyl (C=O) groups is 2. The third kappa shape index (κ3) is 7.56. The van der Waals surface area contributed by atoms with Gasteiger partial charge in [0.25, 0.3) is 10.0 Å². The third-order valence-electron chi connectivity index (χ3n) is 5.82. The molecule has 41 heavy (non-hydrogen) atoms. The molecule has 3 aromatic carbocycles. The molecule has 4 rings (SSSR count). The molecule has 0 aliphatic heterocycles. The average Bonchev–Trinajstić information content (AvgIpc) is 2.92. The predicted molar refractivity (Wildman–Crippen MR) is 149 cm³/mol. The van der Waals surface area contributed by atoms with E-state index < -0.39 is 39.8 Å². The number of anilines is 1. The highest BCUT2D eigenvalue weighted by molar-refractivity contribution is 7.90. The highest BCUT2D eigenvalue weighted by atomic mass is 35.5.